The molecule has 0 aromatic heterocycles. The standard InChI is InChI=1S/C10H10N2O2/c11-5-1-7-8(10(14)3-5)2-6(12)4-9(7)13/h1-4,13-14H,11-12H2. The van der Waals surface area contributed by atoms with Crippen molar-refractivity contribution in [2.24, 2.45) is 0 Å². The summed E-state index contributed by atoms with van der Waals surface area (Å²) in [6.45, 7) is 0. The van der Waals surface area contributed by atoms with Crippen LogP contribution in [0.25, 0.3) is 10.8 Å². The second kappa shape index (κ2) is 2.70. The summed E-state index contributed by atoms with van der Waals surface area (Å²) in [5, 5.41) is 20.1. The van der Waals surface area contributed by atoms with E-state index in [9.17, 15) is 10.2 Å². The summed E-state index contributed by atoms with van der Waals surface area (Å²) in [6, 6.07) is 6.01. The maximum absolute atomic E-state index is 9.55. The fourth-order valence-corrected chi connectivity index (χ4v) is 1.47. The Bertz CT molecular complexity index is 462. The Labute approximate surface area is 80.4 Å². The Hall–Kier alpha value is -2.10. The average molecular weight is 190 g/mol. The van der Waals surface area contributed by atoms with Crippen molar-refractivity contribution < 1.29 is 10.2 Å². The Balaban J connectivity index is 2.94. The molecule has 14 heavy (non-hydrogen) atoms. The molecule has 0 bridgehead atoms. The van der Waals surface area contributed by atoms with Gasteiger partial charge in [-0.25, -0.2) is 0 Å². The molecule has 0 unspecified atom stereocenters. The molecule has 4 heteroatoms. The van der Waals surface area contributed by atoms with Gasteiger partial charge in [0, 0.05) is 34.3 Å². The molecule has 0 fully saturated rings. The molecule has 0 spiro atoms. The lowest BCUT2D eigenvalue weighted by Gasteiger charge is -2.06. The van der Waals surface area contributed by atoms with E-state index in [0.717, 1.165) is 0 Å². The van der Waals surface area contributed by atoms with Gasteiger partial charge in [-0.3, -0.25) is 0 Å². The maximum atomic E-state index is 9.55. The number of rotatable bonds is 0. The zero-order valence-electron chi connectivity index (χ0n) is 7.36. The van der Waals surface area contributed by atoms with Gasteiger partial charge in [0.1, 0.15) is 11.5 Å². The quantitative estimate of drug-likeness (QED) is 0.472. The zero-order chi connectivity index (χ0) is 10.3. The summed E-state index contributed by atoms with van der Waals surface area (Å²) in [4.78, 5) is 0. The van der Waals surface area contributed by atoms with Gasteiger partial charge in [0.2, 0.25) is 0 Å². The van der Waals surface area contributed by atoms with Crippen LogP contribution in [0.1, 0.15) is 0 Å². The van der Waals surface area contributed by atoms with E-state index in [0.29, 0.717) is 22.1 Å². The molecule has 0 aliphatic heterocycles. The van der Waals surface area contributed by atoms with Crippen LogP contribution < -0.4 is 11.5 Å². The predicted molar refractivity (Wildman–Crippen MR) is 56.1 cm³/mol. The number of hydrogen-bond donors (Lipinski definition) is 4. The van der Waals surface area contributed by atoms with Crippen molar-refractivity contribution in [3.63, 3.8) is 0 Å². The number of fused-ring (bicyclic) bond motifs is 1. The van der Waals surface area contributed by atoms with Gasteiger partial charge in [-0.2, -0.15) is 0 Å². The lowest BCUT2D eigenvalue weighted by molar-refractivity contribution is 0.476. The second-order valence-electron chi connectivity index (χ2n) is 3.18. The molecule has 6 N–H and O–H groups in total. The zero-order valence-corrected chi connectivity index (χ0v) is 7.36. The van der Waals surface area contributed by atoms with Crippen LogP contribution in [0.4, 0.5) is 11.4 Å². The molecule has 0 saturated heterocycles. The van der Waals surface area contributed by atoms with Crippen LogP contribution in [0.3, 0.4) is 0 Å². The van der Waals surface area contributed by atoms with E-state index in [2.05, 4.69) is 0 Å². The first kappa shape index (κ1) is 8.50. The number of benzene rings is 2. The highest BCUT2D eigenvalue weighted by Gasteiger charge is 2.06. The van der Waals surface area contributed by atoms with Crippen LogP contribution in [-0.2, 0) is 0 Å². The first-order chi connectivity index (χ1) is 6.58. The predicted octanol–water partition coefficient (Wildman–Crippen LogP) is 1.42. The van der Waals surface area contributed by atoms with Gasteiger partial charge in [0.15, 0.2) is 0 Å². The van der Waals surface area contributed by atoms with Crippen LogP contribution in [0.15, 0.2) is 24.3 Å². The van der Waals surface area contributed by atoms with Crippen LogP contribution in [0.2, 0.25) is 0 Å². The van der Waals surface area contributed by atoms with E-state index in [-0.39, 0.29) is 11.5 Å². The highest BCUT2D eigenvalue weighted by Crippen LogP contribution is 2.35. The number of nitrogen functional groups attached to an aromatic ring is 2. The number of nitrogens with two attached hydrogens (primary N) is 2. The van der Waals surface area contributed by atoms with E-state index in [4.69, 9.17) is 11.5 Å². The molecule has 0 heterocycles. The van der Waals surface area contributed by atoms with Gasteiger partial charge in [-0.15, -0.1) is 0 Å². The summed E-state index contributed by atoms with van der Waals surface area (Å²) in [6.07, 6.45) is 0. The van der Waals surface area contributed by atoms with Crippen molar-refractivity contribution in [2.45, 2.75) is 0 Å². The van der Waals surface area contributed by atoms with Crippen LogP contribution >= 0.6 is 0 Å². The number of phenolic OH excluding ortho intramolecular Hbond substituents is 2. The molecule has 2 aromatic carbocycles. The number of anilines is 2. The van der Waals surface area contributed by atoms with Crippen LogP contribution in [-0.4, -0.2) is 10.2 Å². The summed E-state index contributed by atoms with van der Waals surface area (Å²) in [7, 11) is 0. The molecule has 2 rings (SSSR count). The Morgan fingerprint density at radius 1 is 0.714 bits per heavy atom. The first-order valence-corrected chi connectivity index (χ1v) is 4.08. The van der Waals surface area contributed by atoms with Crippen molar-refractivity contribution in [1.82, 2.24) is 0 Å². The molecule has 0 aliphatic rings. The highest BCUT2D eigenvalue weighted by molar-refractivity contribution is 5.97. The molecule has 0 atom stereocenters. The van der Waals surface area contributed by atoms with Gasteiger partial charge in [-0.05, 0) is 12.1 Å². The van der Waals surface area contributed by atoms with Crippen molar-refractivity contribution >= 4 is 22.1 Å². The largest absolute Gasteiger partial charge is 0.507 e. The van der Waals surface area contributed by atoms with Gasteiger partial charge >= 0.3 is 0 Å². The molecule has 0 radical (unpaired) electrons. The maximum Gasteiger partial charge on any atom is 0.125 e. The van der Waals surface area contributed by atoms with E-state index in [1.165, 1.54) is 12.1 Å². The van der Waals surface area contributed by atoms with Crippen molar-refractivity contribution in [3.05, 3.63) is 24.3 Å². The second-order valence-corrected chi connectivity index (χ2v) is 3.18. The third kappa shape index (κ3) is 1.17. The van der Waals surface area contributed by atoms with Gasteiger partial charge in [-0.1, -0.05) is 0 Å². The molecule has 0 aliphatic carbocycles. The summed E-state index contributed by atoms with van der Waals surface area (Å²) in [5.74, 6) is 0.0326. The van der Waals surface area contributed by atoms with E-state index in [1.54, 1.807) is 12.1 Å². The van der Waals surface area contributed by atoms with Crippen molar-refractivity contribution in [1.29, 1.82) is 0 Å². The fraction of sp³-hybridized carbons (Fsp3) is 0. The smallest absolute Gasteiger partial charge is 0.125 e. The highest BCUT2D eigenvalue weighted by atomic mass is 16.3. The molecule has 4 nitrogen and oxygen atoms in total. The number of phenols is 2. The molecule has 0 saturated carbocycles. The number of hydrogen-bond acceptors (Lipinski definition) is 4. The van der Waals surface area contributed by atoms with Gasteiger partial charge in [0.25, 0.3) is 0 Å². The molecule has 2 aromatic rings. The monoisotopic (exact) mass is 190 g/mol. The van der Waals surface area contributed by atoms with Crippen molar-refractivity contribution in [3.8, 4) is 11.5 Å². The molecular formula is C10H10N2O2. The SMILES string of the molecule is Nc1cc(O)c2cc(N)cc(O)c2c1. The minimum atomic E-state index is 0.0163. The van der Waals surface area contributed by atoms with E-state index >= 15 is 0 Å². The molecule has 72 valence electrons. The van der Waals surface area contributed by atoms with Crippen LogP contribution in [0.5, 0.6) is 11.5 Å². The van der Waals surface area contributed by atoms with Gasteiger partial charge in [0.05, 0.1) is 0 Å². The van der Waals surface area contributed by atoms with Crippen LogP contribution in [0, 0.1) is 0 Å². The van der Waals surface area contributed by atoms with E-state index in [1.807, 2.05) is 0 Å². The van der Waals surface area contributed by atoms with E-state index < -0.39 is 0 Å². The lowest BCUT2D eigenvalue weighted by atomic mass is 10.1. The molecule has 0 amide bonds. The average Bonchev–Trinajstić information content (AvgIpc) is 2.07. The minimum Gasteiger partial charge on any atom is -0.507 e. The third-order valence-electron chi connectivity index (χ3n) is 2.07. The van der Waals surface area contributed by atoms with Gasteiger partial charge < -0.3 is 21.7 Å². The fourth-order valence-electron chi connectivity index (χ4n) is 1.47. The topological polar surface area (TPSA) is 92.5 Å². The summed E-state index contributed by atoms with van der Waals surface area (Å²) >= 11 is 0. The summed E-state index contributed by atoms with van der Waals surface area (Å²) in [5.41, 5.74) is 11.9. The Kier molecular flexibility index (Phi) is 1.64. The summed E-state index contributed by atoms with van der Waals surface area (Å²) < 4.78 is 0. The van der Waals surface area contributed by atoms with Crippen molar-refractivity contribution in [2.75, 3.05) is 11.5 Å². The first-order valence-electron chi connectivity index (χ1n) is 4.08. The Morgan fingerprint density at radius 2 is 1.07 bits per heavy atom. The number of aromatic hydroxyl groups is 2. The lowest BCUT2D eigenvalue weighted by Crippen LogP contribution is -1.88. The molecular weight excluding hydrogens is 180 g/mol. The third-order valence-corrected chi connectivity index (χ3v) is 2.07. The normalized spacial score (nSPS) is 10.6. The Morgan fingerprint density at radius 3 is 1.43 bits per heavy atom. The minimum absolute atomic E-state index is 0.0163.